The lowest BCUT2D eigenvalue weighted by Gasteiger charge is -2.26. The van der Waals surface area contributed by atoms with Gasteiger partial charge < -0.3 is 14.8 Å². The quantitative estimate of drug-likeness (QED) is 0.337. The van der Waals surface area contributed by atoms with Gasteiger partial charge in [-0.15, -0.1) is 0 Å². The molecule has 0 bridgehead atoms. The molecule has 144 valence electrons. The van der Waals surface area contributed by atoms with E-state index in [0.717, 1.165) is 38.2 Å². The third-order valence-electron chi connectivity index (χ3n) is 4.73. The van der Waals surface area contributed by atoms with Crippen LogP contribution in [-0.4, -0.2) is 42.1 Å². The van der Waals surface area contributed by atoms with Crippen molar-refractivity contribution < 1.29 is 18.7 Å². The Balaban J connectivity index is 1.62. The Hall–Kier alpha value is -2.47. The van der Waals surface area contributed by atoms with E-state index in [1.165, 1.54) is 25.3 Å². The summed E-state index contributed by atoms with van der Waals surface area (Å²) in [6, 6.07) is 10.1. The molecule has 27 heavy (non-hydrogen) atoms. The summed E-state index contributed by atoms with van der Waals surface area (Å²) in [5.74, 6) is -0.843. The Morgan fingerprint density at radius 1 is 1.07 bits per heavy atom. The second kappa shape index (κ2) is 9.46. The molecule has 0 unspecified atom stereocenters. The summed E-state index contributed by atoms with van der Waals surface area (Å²) >= 11 is 0. The van der Waals surface area contributed by atoms with E-state index < -0.39 is 11.6 Å². The molecule has 0 saturated carbocycles. The molecule has 0 aliphatic carbocycles. The monoisotopic (exact) mass is 374 g/mol. The standard InChI is InChI=1S/C21H24F2N2O2/c22-17-8-9-19(20(23)15-17)21(24-26)16-6-4-7-18(14-16)27-13-5-12-25-10-2-1-3-11-25/h4,6-9,14-15,26H,1-3,5,10-13H2. The molecular weight excluding hydrogens is 350 g/mol. The maximum atomic E-state index is 14.0. The highest BCUT2D eigenvalue weighted by molar-refractivity contribution is 6.12. The molecule has 6 heteroatoms. The molecule has 3 rings (SSSR count). The smallest absolute Gasteiger partial charge is 0.135 e. The van der Waals surface area contributed by atoms with Gasteiger partial charge >= 0.3 is 0 Å². The van der Waals surface area contributed by atoms with E-state index in [4.69, 9.17) is 4.74 Å². The molecule has 4 nitrogen and oxygen atoms in total. The fourth-order valence-electron chi connectivity index (χ4n) is 3.34. The largest absolute Gasteiger partial charge is 0.494 e. The third kappa shape index (κ3) is 5.26. The van der Waals surface area contributed by atoms with Crippen LogP contribution in [0.5, 0.6) is 5.75 Å². The minimum absolute atomic E-state index is 0.0288. The second-order valence-electron chi connectivity index (χ2n) is 6.70. The molecule has 1 N–H and O–H groups in total. The normalized spacial score (nSPS) is 15.7. The van der Waals surface area contributed by atoms with Crippen molar-refractivity contribution in [3.05, 3.63) is 65.2 Å². The Labute approximate surface area is 158 Å². The highest BCUT2D eigenvalue weighted by Gasteiger charge is 2.14. The number of nitrogens with zero attached hydrogens (tertiary/aromatic N) is 2. The van der Waals surface area contributed by atoms with Gasteiger partial charge in [0.25, 0.3) is 0 Å². The van der Waals surface area contributed by atoms with Gasteiger partial charge in [0.05, 0.1) is 6.61 Å². The average Bonchev–Trinajstić information content (AvgIpc) is 2.69. The van der Waals surface area contributed by atoms with Crippen molar-refractivity contribution in [1.29, 1.82) is 0 Å². The zero-order chi connectivity index (χ0) is 19.1. The van der Waals surface area contributed by atoms with Crippen molar-refractivity contribution >= 4 is 5.71 Å². The summed E-state index contributed by atoms with van der Waals surface area (Å²) in [5.41, 5.74) is 0.559. The zero-order valence-corrected chi connectivity index (χ0v) is 15.2. The predicted molar refractivity (Wildman–Crippen MR) is 101 cm³/mol. The van der Waals surface area contributed by atoms with Crippen LogP contribution in [0.3, 0.4) is 0 Å². The summed E-state index contributed by atoms with van der Waals surface area (Å²) in [4.78, 5) is 2.46. The first kappa shape index (κ1) is 19.3. The van der Waals surface area contributed by atoms with Crippen LogP contribution in [0.4, 0.5) is 8.78 Å². The average molecular weight is 374 g/mol. The first-order valence-electron chi connectivity index (χ1n) is 9.30. The van der Waals surface area contributed by atoms with E-state index >= 15 is 0 Å². The molecule has 2 aromatic carbocycles. The fourth-order valence-corrected chi connectivity index (χ4v) is 3.34. The van der Waals surface area contributed by atoms with E-state index in [-0.39, 0.29) is 11.3 Å². The first-order valence-corrected chi connectivity index (χ1v) is 9.30. The van der Waals surface area contributed by atoms with Gasteiger partial charge in [0.2, 0.25) is 0 Å². The molecule has 1 saturated heterocycles. The summed E-state index contributed by atoms with van der Waals surface area (Å²) in [5, 5.41) is 12.6. The number of hydrogen-bond acceptors (Lipinski definition) is 4. The van der Waals surface area contributed by atoms with Gasteiger partial charge in [-0.05, 0) is 56.6 Å². The SMILES string of the molecule is ON=C(c1cccc(OCCCN2CCCCC2)c1)c1ccc(F)cc1F. The van der Waals surface area contributed by atoms with E-state index in [1.54, 1.807) is 24.3 Å². The summed E-state index contributed by atoms with van der Waals surface area (Å²) < 4.78 is 33.0. The lowest BCUT2D eigenvalue weighted by atomic mass is 10.0. The number of halogens is 2. The molecule has 0 atom stereocenters. The van der Waals surface area contributed by atoms with Crippen LogP contribution in [0.1, 0.15) is 36.8 Å². The minimum Gasteiger partial charge on any atom is -0.494 e. The highest BCUT2D eigenvalue weighted by atomic mass is 19.1. The summed E-state index contributed by atoms with van der Waals surface area (Å²) in [6.07, 6.45) is 4.79. The zero-order valence-electron chi connectivity index (χ0n) is 15.2. The van der Waals surface area contributed by atoms with Crippen LogP contribution >= 0.6 is 0 Å². The van der Waals surface area contributed by atoms with Crippen LogP contribution in [-0.2, 0) is 0 Å². The third-order valence-corrected chi connectivity index (χ3v) is 4.73. The molecule has 2 aromatic rings. The highest BCUT2D eigenvalue weighted by Crippen LogP contribution is 2.20. The topological polar surface area (TPSA) is 45.1 Å². The number of rotatable bonds is 7. The van der Waals surface area contributed by atoms with E-state index in [9.17, 15) is 14.0 Å². The van der Waals surface area contributed by atoms with Gasteiger partial charge in [0.15, 0.2) is 0 Å². The number of likely N-dealkylation sites (tertiary alicyclic amines) is 1. The van der Waals surface area contributed by atoms with Crippen LogP contribution in [0.25, 0.3) is 0 Å². The van der Waals surface area contributed by atoms with Crippen LogP contribution < -0.4 is 4.74 Å². The lowest BCUT2D eigenvalue weighted by molar-refractivity contribution is 0.205. The van der Waals surface area contributed by atoms with Crippen molar-refractivity contribution in [3.8, 4) is 5.75 Å². The molecular formula is C21H24F2N2O2. The Kier molecular flexibility index (Phi) is 6.76. The van der Waals surface area contributed by atoms with Crippen molar-refractivity contribution in [2.45, 2.75) is 25.7 Å². The second-order valence-corrected chi connectivity index (χ2v) is 6.70. The fraction of sp³-hybridized carbons (Fsp3) is 0.381. The predicted octanol–water partition coefficient (Wildman–Crippen LogP) is 4.45. The Morgan fingerprint density at radius 3 is 2.63 bits per heavy atom. The molecule has 1 heterocycles. The minimum atomic E-state index is -0.782. The lowest BCUT2D eigenvalue weighted by Crippen LogP contribution is -2.31. The van der Waals surface area contributed by atoms with Crippen LogP contribution in [0.15, 0.2) is 47.6 Å². The number of oxime groups is 1. The number of piperidine rings is 1. The van der Waals surface area contributed by atoms with Gasteiger partial charge in [-0.25, -0.2) is 8.78 Å². The first-order chi connectivity index (χ1) is 13.2. The number of benzene rings is 2. The molecule has 1 fully saturated rings. The van der Waals surface area contributed by atoms with Gasteiger partial charge in [-0.3, -0.25) is 0 Å². The molecule has 0 spiro atoms. The number of ether oxygens (including phenoxy) is 1. The Morgan fingerprint density at radius 2 is 1.89 bits per heavy atom. The maximum Gasteiger partial charge on any atom is 0.135 e. The van der Waals surface area contributed by atoms with Gasteiger partial charge in [-0.2, -0.15) is 0 Å². The van der Waals surface area contributed by atoms with Crippen molar-refractivity contribution in [3.63, 3.8) is 0 Å². The van der Waals surface area contributed by atoms with Crippen LogP contribution in [0, 0.1) is 11.6 Å². The van der Waals surface area contributed by atoms with Crippen molar-refractivity contribution in [2.24, 2.45) is 5.16 Å². The van der Waals surface area contributed by atoms with E-state index in [1.807, 2.05) is 0 Å². The van der Waals surface area contributed by atoms with E-state index in [0.29, 0.717) is 17.9 Å². The molecule has 0 amide bonds. The van der Waals surface area contributed by atoms with Gasteiger partial charge in [0, 0.05) is 23.7 Å². The van der Waals surface area contributed by atoms with Gasteiger partial charge in [-0.1, -0.05) is 23.7 Å². The van der Waals surface area contributed by atoms with Crippen molar-refractivity contribution in [1.82, 2.24) is 4.90 Å². The molecule has 1 aliphatic rings. The summed E-state index contributed by atoms with van der Waals surface area (Å²) in [7, 11) is 0. The Bertz CT molecular complexity index is 790. The molecule has 1 aliphatic heterocycles. The van der Waals surface area contributed by atoms with E-state index in [2.05, 4.69) is 10.1 Å². The molecule has 0 aromatic heterocycles. The van der Waals surface area contributed by atoms with Gasteiger partial charge in [0.1, 0.15) is 23.1 Å². The van der Waals surface area contributed by atoms with Crippen molar-refractivity contribution in [2.75, 3.05) is 26.2 Å². The maximum absolute atomic E-state index is 14.0. The van der Waals surface area contributed by atoms with Crippen LogP contribution in [0.2, 0.25) is 0 Å². The number of hydrogen-bond donors (Lipinski definition) is 1. The summed E-state index contributed by atoms with van der Waals surface area (Å²) in [6.45, 7) is 3.92. The molecule has 0 radical (unpaired) electrons.